The average Bonchev–Trinajstić information content (AvgIpc) is 2.90. The van der Waals surface area contributed by atoms with Gasteiger partial charge in [-0.15, -0.1) is 0 Å². The summed E-state index contributed by atoms with van der Waals surface area (Å²) in [7, 11) is 2.05. The van der Waals surface area contributed by atoms with Crippen LogP contribution in [-0.4, -0.2) is 48.7 Å². The molecule has 4 nitrogen and oxygen atoms in total. The van der Waals surface area contributed by atoms with Crippen LogP contribution < -0.4 is 5.32 Å². The first-order valence-corrected chi connectivity index (χ1v) is 7.24. The highest BCUT2D eigenvalue weighted by Gasteiger charge is 2.39. The summed E-state index contributed by atoms with van der Waals surface area (Å²) in [5.74, 6) is 1.96. The van der Waals surface area contributed by atoms with E-state index < -0.39 is 12.0 Å². The van der Waals surface area contributed by atoms with Crippen LogP contribution >= 0.6 is 0 Å². The van der Waals surface area contributed by atoms with Gasteiger partial charge in [-0.05, 0) is 50.6 Å². The summed E-state index contributed by atoms with van der Waals surface area (Å²) < 4.78 is 0. The van der Waals surface area contributed by atoms with Crippen LogP contribution in [0.5, 0.6) is 0 Å². The molecule has 4 atom stereocenters. The second kappa shape index (κ2) is 6.02. The molecule has 0 aromatic carbocycles. The molecule has 2 aliphatic carbocycles. The number of nitrogens with one attached hydrogen (secondary N) is 1. The predicted molar refractivity (Wildman–Crippen MR) is 71.5 cm³/mol. The lowest BCUT2D eigenvalue weighted by atomic mass is 9.88. The quantitative estimate of drug-likeness (QED) is 0.721. The summed E-state index contributed by atoms with van der Waals surface area (Å²) in [5.41, 5.74) is 0. The zero-order valence-electron chi connectivity index (χ0n) is 11.6. The Kier molecular flexibility index (Phi) is 4.62. The number of carbonyl (C=O) groups is 1. The van der Waals surface area contributed by atoms with E-state index in [1.807, 2.05) is 6.92 Å². The third-order valence-electron chi connectivity index (χ3n) is 4.67. The zero-order valence-corrected chi connectivity index (χ0v) is 11.6. The first kappa shape index (κ1) is 13.8. The fraction of sp³-hybridized carbons (Fsp3) is 0.929. The summed E-state index contributed by atoms with van der Waals surface area (Å²) in [4.78, 5) is 13.3. The van der Waals surface area contributed by atoms with Crippen molar-refractivity contribution in [3.8, 4) is 0 Å². The largest absolute Gasteiger partial charge is 0.480 e. The van der Waals surface area contributed by atoms with E-state index in [0.29, 0.717) is 13.1 Å². The highest BCUT2D eigenvalue weighted by Crippen LogP contribution is 2.48. The van der Waals surface area contributed by atoms with Gasteiger partial charge in [0.05, 0.1) is 0 Å². The topological polar surface area (TPSA) is 52.6 Å². The number of hydrogen-bond donors (Lipinski definition) is 2. The molecule has 0 amide bonds. The van der Waals surface area contributed by atoms with Gasteiger partial charge in [0.25, 0.3) is 0 Å². The molecule has 2 aliphatic rings. The van der Waals surface area contributed by atoms with Crippen molar-refractivity contribution in [2.45, 2.75) is 38.6 Å². The molecule has 0 radical (unpaired) electrons. The Bertz CT molecular complexity index is 296. The maximum atomic E-state index is 11.1. The molecule has 2 bridgehead atoms. The van der Waals surface area contributed by atoms with Gasteiger partial charge in [-0.1, -0.05) is 13.3 Å². The average molecular weight is 254 g/mol. The molecule has 4 unspecified atom stereocenters. The Balaban J connectivity index is 1.77. The van der Waals surface area contributed by atoms with Crippen molar-refractivity contribution in [2.75, 3.05) is 26.7 Å². The van der Waals surface area contributed by atoms with Crippen molar-refractivity contribution < 1.29 is 9.90 Å². The normalized spacial score (nSPS) is 32.1. The number of likely N-dealkylation sites (N-methyl/N-ethyl adjacent to an activating group) is 2. The number of fused-ring (bicyclic) bond motifs is 2. The maximum Gasteiger partial charge on any atom is 0.322 e. The molecule has 0 aromatic rings. The molecular formula is C14H26N2O2. The maximum absolute atomic E-state index is 11.1. The Labute approximate surface area is 110 Å². The van der Waals surface area contributed by atoms with Gasteiger partial charge in [0.15, 0.2) is 0 Å². The van der Waals surface area contributed by atoms with Gasteiger partial charge in [-0.3, -0.25) is 4.79 Å². The van der Waals surface area contributed by atoms with Crippen LogP contribution in [0.2, 0.25) is 0 Å². The Morgan fingerprint density at radius 2 is 2.22 bits per heavy atom. The van der Waals surface area contributed by atoms with Gasteiger partial charge < -0.3 is 15.3 Å². The fourth-order valence-electron chi connectivity index (χ4n) is 3.86. The lowest BCUT2D eigenvalue weighted by Gasteiger charge is -2.28. The van der Waals surface area contributed by atoms with Gasteiger partial charge in [0, 0.05) is 13.1 Å². The van der Waals surface area contributed by atoms with Gasteiger partial charge in [-0.25, -0.2) is 0 Å². The minimum Gasteiger partial charge on any atom is -0.480 e. The first-order valence-electron chi connectivity index (χ1n) is 7.24. The summed E-state index contributed by atoms with van der Waals surface area (Å²) in [6, 6.07) is -0.432. The number of nitrogens with zero attached hydrogens (tertiary/aromatic N) is 1. The summed E-state index contributed by atoms with van der Waals surface area (Å²) in [5, 5.41) is 12.2. The second-order valence-electron chi connectivity index (χ2n) is 6.10. The minimum atomic E-state index is -0.739. The molecule has 2 rings (SSSR count). The second-order valence-corrected chi connectivity index (χ2v) is 6.10. The van der Waals surface area contributed by atoms with Crippen LogP contribution in [0.3, 0.4) is 0 Å². The van der Waals surface area contributed by atoms with Gasteiger partial charge >= 0.3 is 5.97 Å². The van der Waals surface area contributed by atoms with E-state index in [9.17, 15) is 4.79 Å². The van der Waals surface area contributed by atoms with Crippen LogP contribution in [0.15, 0.2) is 0 Å². The highest BCUT2D eigenvalue weighted by molar-refractivity contribution is 5.73. The number of rotatable bonds is 7. The minimum absolute atomic E-state index is 0.432. The molecule has 0 saturated heterocycles. The van der Waals surface area contributed by atoms with Crippen molar-refractivity contribution in [1.82, 2.24) is 10.2 Å². The molecule has 0 heterocycles. The standard InChI is InChI=1S/C14H26N2O2/c1-3-15-13(14(17)18)9-16(2)8-12-7-10-4-5-11(12)6-10/h10-13,15H,3-9H2,1-2H3,(H,17,18). The fourth-order valence-corrected chi connectivity index (χ4v) is 3.86. The zero-order chi connectivity index (χ0) is 13.1. The number of hydrogen-bond acceptors (Lipinski definition) is 3. The van der Waals surface area contributed by atoms with E-state index >= 15 is 0 Å². The van der Waals surface area contributed by atoms with Gasteiger partial charge in [-0.2, -0.15) is 0 Å². The van der Waals surface area contributed by atoms with E-state index in [4.69, 9.17) is 5.11 Å². The van der Waals surface area contributed by atoms with Crippen molar-refractivity contribution in [3.05, 3.63) is 0 Å². The third kappa shape index (κ3) is 3.23. The third-order valence-corrected chi connectivity index (χ3v) is 4.67. The van der Waals surface area contributed by atoms with Gasteiger partial charge in [0.2, 0.25) is 0 Å². The lowest BCUT2D eigenvalue weighted by Crippen LogP contribution is -2.46. The molecule has 2 saturated carbocycles. The van der Waals surface area contributed by atoms with E-state index in [1.54, 1.807) is 0 Å². The molecule has 104 valence electrons. The van der Waals surface area contributed by atoms with Crippen LogP contribution in [-0.2, 0) is 4.79 Å². The lowest BCUT2D eigenvalue weighted by molar-refractivity contribution is -0.139. The summed E-state index contributed by atoms with van der Waals surface area (Å²) in [6.45, 7) is 4.33. The van der Waals surface area contributed by atoms with E-state index in [1.165, 1.54) is 25.7 Å². The van der Waals surface area contributed by atoms with Crippen LogP contribution in [0.4, 0.5) is 0 Å². The molecule has 2 fully saturated rings. The first-order chi connectivity index (χ1) is 8.60. The molecule has 18 heavy (non-hydrogen) atoms. The molecule has 4 heteroatoms. The molecule has 0 spiro atoms. The SMILES string of the molecule is CCNC(CN(C)CC1CC2CCC1C2)C(=O)O. The molecule has 0 aromatic heterocycles. The van der Waals surface area contributed by atoms with E-state index in [0.717, 1.165) is 24.3 Å². The smallest absolute Gasteiger partial charge is 0.322 e. The Morgan fingerprint density at radius 1 is 1.44 bits per heavy atom. The van der Waals surface area contributed by atoms with Crippen LogP contribution in [0.1, 0.15) is 32.6 Å². The monoisotopic (exact) mass is 254 g/mol. The molecule has 2 N–H and O–H groups in total. The van der Waals surface area contributed by atoms with Crippen molar-refractivity contribution in [2.24, 2.45) is 17.8 Å². The Morgan fingerprint density at radius 3 is 2.72 bits per heavy atom. The van der Waals surface area contributed by atoms with E-state index in [-0.39, 0.29) is 0 Å². The number of aliphatic carboxylic acids is 1. The number of carboxylic acid groups (broad SMARTS) is 1. The van der Waals surface area contributed by atoms with Crippen LogP contribution in [0.25, 0.3) is 0 Å². The Hall–Kier alpha value is -0.610. The van der Waals surface area contributed by atoms with Crippen molar-refractivity contribution in [1.29, 1.82) is 0 Å². The molecular weight excluding hydrogens is 228 g/mol. The predicted octanol–water partition coefficient (Wildman–Crippen LogP) is 1.42. The van der Waals surface area contributed by atoms with Crippen molar-refractivity contribution in [3.63, 3.8) is 0 Å². The van der Waals surface area contributed by atoms with Crippen molar-refractivity contribution >= 4 is 5.97 Å². The number of carboxylic acids is 1. The van der Waals surface area contributed by atoms with E-state index in [2.05, 4.69) is 17.3 Å². The highest BCUT2D eigenvalue weighted by atomic mass is 16.4. The summed E-state index contributed by atoms with van der Waals surface area (Å²) >= 11 is 0. The summed E-state index contributed by atoms with van der Waals surface area (Å²) in [6.07, 6.45) is 5.63. The van der Waals surface area contributed by atoms with Crippen LogP contribution in [0, 0.1) is 17.8 Å². The van der Waals surface area contributed by atoms with Gasteiger partial charge in [0.1, 0.15) is 6.04 Å². The molecule has 0 aliphatic heterocycles.